The number of aromatic nitrogens is 1. The average Bonchev–Trinajstić information content (AvgIpc) is 2.65. The lowest BCUT2D eigenvalue weighted by atomic mass is 10.1. The normalized spacial score (nSPS) is 23.4. The number of rotatable bonds is 1. The van der Waals surface area contributed by atoms with E-state index in [9.17, 15) is 23.1 Å². The molecule has 1 aromatic heterocycles. The summed E-state index contributed by atoms with van der Waals surface area (Å²) < 4.78 is 38.7. The zero-order valence-electron chi connectivity index (χ0n) is 9.61. The summed E-state index contributed by atoms with van der Waals surface area (Å²) in [4.78, 5) is 15.7. The van der Waals surface area contributed by atoms with E-state index in [-0.39, 0.29) is 16.3 Å². The Morgan fingerprint density at radius 2 is 2.05 bits per heavy atom. The molecular formula is C11H10F3N3O2. The highest BCUT2D eigenvalue weighted by Gasteiger charge is 2.63. The lowest BCUT2D eigenvalue weighted by Crippen LogP contribution is -2.59. The molecule has 1 aromatic rings. The van der Waals surface area contributed by atoms with Gasteiger partial charge in [0.05, 0.1) is 0 Å². The number of amides is 1. The molecule has 1 aliphatic heterocycles. The van der Waals surface area contributed by atoms with Crippen LogP contribution in [0.5, 0.6) is 0 Å². The van der Waals surface area contributed by atoms with E-state index < -0.39 is 24.2 Å². The van der Waals surface area contributed by atoms with Gasteiger partial charge >= 0.3 is 6.18 Å². The lowest BCUT2D eigenvalue weighted by molar-refractivity contribution is -0.299. The predicted molar refractivity (Wildman–Crippen MR) is 58.3 cm³/mol. The number of pyridine rings is 1. The Balaban J connectivity index is 2.38. The van der Waals surface area contributed by atoms with Crippen LogP contribution in [0.3, 0.4) is 0 Å². The van der Waals surface area contributed by atoms with Crippen molar-refractivity contribution in [3.8, 4) is 0 Å². The molecule has 1 aliphatic rings. The minimum atomic E-state index is -5.00. The molecule has 2 N–H and O–H groups in total. The van der Waals surface area contributed by atoms with Crippen LogP contribution in [-0.4, -0.2) is 32.9 Å². The highest BCUT2D eigenvalue weighted by molar-refractivity contribution is 5.94. The van der Waals surface area contributed by atoms with E-state index in [1.54, 1.807) is 0 Å². The molecule has 0 radical (unpaired) electrons. The minimum Gasteiger partial charge on any atom is -0.362 e. The summed E-state index contributed by atoms with van der Waals surface area (Å²) in [5.74, 6) is -1.01. The first-order valence-corrected chi connectivity index (χ1v) is 5.24. The molecule has 102 valence electrons. The second-order valence-corrected chi connectivity index (χ2v) is 4.08. The highest BCUT2D eigenvalue weighted by atomic mass is 19.4. The third-order valence-electron chi connectivity index (χ3n) is 2.68. The molecule has 1 atom stereocenters. The van der Waals surface area contributed by atoms with Gasteiger partial charge in [-0.1, -0.05) is 6.58 Å². The SMILES string of the molecule is C=C1CC(O)(C(F)(F)F)N(C(=O)c2ccncc2)N1. The first-order chi connectivity index (χ1) is 8.75. The van der Waals surface area contributed by atoms with E-state index in [0.717, 1.165) is 0 Å². The van der Waals surface area contributed by atoms with Crippen LogP contribution >= 0.6 is 0 Å². The number of carbonyl (C=O) groups is 1. The zero-order valence-corrected chi connectivity index (χ0v) is 9.61. The van der Waals surface area contributed by atoms with Gasteiger partial charge in [0.15, 0.2) is 0 Å². The monoisotopic (exact) mass is 273 g/mol. The second kappa shape index (κ2) is 4.23. The van der Waals surface area contributed by atoms with E-state index in [1.807, 2.05) is 0 Å². The Hall–Kier alpha value is -2.09. The molecule has 1 amide bonds. The molecule has 1 saturated heterocycles. The van der Waals surface area contributed by atoms with Crippen LogP contribution in [0.2, 0.25) is 0 Å². The van der Waals surface area contributed by atoms with E-state index >= 15 is 0 Å². The summed E-state index contributed by atoms with van der Waals surface area (Å²) in [7, 11) is 0. The minimum absolute atomic E-state index is 0.0279. The van der Waals surface area contributed by atoms with Crippen molar-refractivity contribution in [1.29, 1.82) is 0 Å². The van der Waals surface area contributed by atoms with Gasteiger partial charge < -0.3 is 5.11 Å². The van der Waals surface area contributed by atoms with Crippen molar-refractivity contribution in [2.24, 2.45) is 0 Å². The van der Waals surface area contributed by atoms with Gasteiger partial charge in [0.1, 0.15) is 0 Å². The molecule has 0 saturated carbocycles. The topological polar surface area (TPSA) is 65.5 Å². The average molecular weight is 273 g/mol. The maximum Gasteiger partial charge on any atom is 0.438 e. The molecule has 0 aliphatic carbocycles. The molecule has 8 heteroatoms. The number of nitrogens with zero attached hydrogens (tertiary/aromatic N) is 2. The smallest absolute Gasteiger partial charge is 0.362 e. The van der Waals surface area contributed by atoms with Crippen molar-refractivity contribution < 1.29 is 23.1 Å². The molecule has 19 heavy (non-hydrogen) atoms. The number of nitrogens with one attached hydrogen (secondary N) is 1. The van der Waals surface area contributed by atoms with Gasteiger partial charge in [-0.25, -0.2) is 5.01 Å². The Kier molecular flexibility index (Phi) is 2.97. The summed E-state index contributed by atoms with van der Waals surface area (Å²) in [5, 5.41) is 9.87. The van der Waals surface area contributed by atoms with Crippen molar-refractivity contribution in [1.82, 2.24) is 15.4 Å². The lowest BCUT2D eigenvalue weighted by Gasteiger charge is -2.33. The van der Waals surface area contributed by atoms with Crippen molar-refractivity contribution in [2.75, 3.05) is 0 Å². The number of hydrogen-bond acceptors (Lipinski definition) is 4. The highest BCUT2D eigenvalue weighted by Crippen LogP contribution is 2.41. The van der Waals surface area contributed by atoms with E-state index in [4.69, 9.17) is 0 Å². The molecule has 1 fully saturated rings. The van der Waals surface area contributed by atoms with Crippen molar-refractivity contribution >= 4 is 5.91 Å². The van der Waals surface area contributed by atoms with Crippen LogP contribution in [0.15, 0.2) is 36.8 Å². The van der Waals surface area contributed by atoms with Gasteiger partial charge in [-0.3, -0.25) is 15.2 Å². The summed E-state index contributed by atoms with van der Waals surface area (Å²) >= 11 is 0. The van der Waals surface area contributed by atoms with Crippen LogP contribution in [0.25, 0.3) is 0 Å². The van der Waals surface area contributed by atoms with Gasteiger partial charge in [0.2, 0.25) is 0 Å². The zero-order chi connectivity index (χ0) is 14.3. The molecular weight excluding hydrogens is 263 g/mol. The Morgan fingerprint density at radius 3 is 2.58 bits per heavy atom. The third kappa shape index (κ3) is 2.14. The van der Waals surface area contributed by atoms with Crippen LogP contribution in [0.1, 0.15) is 16.8 Å². The summed E-state index contributed by atoms with van der Waals surface area (Å²) in [6, 6.07) is 2.50. The Morgan fingerprint density at radius 1 is 1.47 bits per heavy atom. The van der Waals surface area contributed by atoms with E-state index in [1.165, 1.54) is 24.5 Å². The van der Waals surface area contributed by atoms with Gasteiger partial charge in [-0.2, -0.15) is 13.2 Å². The first kappa shape index (κ1) is 13.3. The van der Waals surface area contributed by atoms with Crippen LogP contribution in [0.4, 0.5) is 13.2 Å². The number of hydrogen-bond donors (Lipinski definition) is 2. The number of hydrazine groups is 1. The predicted octanol–water partition coefficient (Wildman–Crippen LogP) is 1.20. The Labute approximate surface area is 106 Å². The maximum absolute atomic E-state index is 12.9. The molecule has 0 spiro atoms. The molecule has 2 rings (SSSR count). The fourth-order valence-electron chi connectivity index (χ4n) is 1.74. The van der Waals surface area contributed by atoms with Gasteiger partial charge in [-0.15, -0.1) is 0 Å². The second-order valence-electron chi connectivity index (χ2n) is 4.08. The van der Waals surface area contributed by atoms with Gasteiger partial charge in [0, 0.05) is 30.1 Å². The largest absolute Gasteiger partial charge is 0.438 e. The van der Waals surface area contributed by atoms with Crippen LogP contribution in [-0.2, 0) is 0 Å². The fraction of sp³-hybridized carbons (Fsp3) is 0.273. The maximum atomic E-state index is 12.9. The first-order valence-electron chi connectivity index (χ1n) is 5.24. The van der Waals surface area contributed by atoms with Crippen molar-refractivity contribution in [3.63, 3.8) is 0 Å². The van der Waals surface area contributed by atoms with Crippen molar-refractivity contribution in [3.05, 3.63) is 42.4 Å². The molecule has 5 nitrogen and oxygen atoms in total. The van der Waals surface area contributed by atoms with Crippen molar-refractivity contribution in [2.45, 2.75) is 18.3 Å². The number of alkyl halides is 3. The standard InChI is InChI=1S/C11H10F3N3O2/c1-7-6-10(19,11(12,13)14)17(16-7)9(18)8-2-4-15-5-3-8/h2-5,16,19H,1,6H2. The fourth-order valence-corrected chi connectivity index (χ4v) is 1.74. The van der Waals surface area contributed by atoms with Gasteiger partial charge in [-0.05, 0) is 12.1 Å². The Bertz CT molecular complexity index is 518. The number of aliphatic hydroxyl groups is 1. The quantitative estimate of drug-likeness (QED) is 0.807. The van der Waals surface area contributed by atoms with E-state index in [2.05, 4.69) is 17.0 Å². The molecule has 1 unspecified atom stereocenters. The summed E-state index contributed by atoms with van der Waals surface area (Å²) in [5.41, 5.74) is -1.28. The number of carbonyl (C=O) groups excluding carboxylic acids is 1. The summed E-state index contributed by atoms with van der Waals surface area (Å²) in [6.07, 6.45) is -3.27. The molecule has 2 heterocycles. The van der Waals surface area contributed by atoms with E-state index in [0.29, 0.717) is 0 Å². The van der Waals surface area contributed by atoms with Crippen LogP contribution < -0.4 is 5.43 Å². The summed E-state index contributed by atoms with van der Waals surface area (Å²) in [6.45, 7) is 3.31. The van der Waals surface area contributed by atoms with Gasteiger partial charge in [0.25, 0.3) is 11.6 Å². The number of halogens is 3. The van der Waals surface area contributed by atoms with Crippen LogP contribution in [0, 0.1) is 0 Å². The molecule has 0 bridgehead atoms. The molecule has 0 aromatic carbocycles. The third-order valence-corrected chi connectivity index (χ3v) is 2.68.